The maximum absolute atomic E-state index is 11.9. The van der Waals surface area contributed by atoms with Crippen LogP contribution in [0.25, 0.3) is 0 Å². The van der Waals surface area contributed by atoms with Crippen molar-refractivity contribution in [3.8, 4) is 0 Å². The van der Waals surface area contributed by atoms with E-state index in [0.717, 1.165) is 6.92 Å². The summed E-state index contributed by atoms with van der Waals surface area (Å²) in [7, 11) is 0. The molecule has 0 rings (SSSR count). The van der Waals surface area contributed by atoms with Crippen LogP contribution in [0.4, 0.5) is 8.87 Å². The van der Waals surface area contributed by atoms with Crippen LogP contribution in [0.15, 0.2) is 0 Å². The van der Waals surface area contributed by atoms with Gasteiger partial charge in [0, 0.05) is 0 Å². The van der Waals surface area contributed by atoms with Crippen LogP contribution in [0.1, 0.15) is 6.92 Å². The Morgan fingerprint density at radius 1 is 1.89 bits per heavy atom. The summed E-state index contributed by atoms with van der Waals surface area (Å²) >= 11 is -2.33. The lowest BCUT2D eigenvalue weighted by Gasteiger charge is -2.10. The van der Waals surface area contributed by atoms with E-state index >= 15 is 0 Å². The van der Waals surface area contributed by atoms with Gasteiger partial charge < -0.3 is 4.55 Å². The third-order valence-electron chi connectivity index (χ3n) is 0.801. The first-order chi connectivity index (χ1) is 4.09. The molecule has 56 valence electrons. The predicted octanol–water partition coefficient (Wildman–Crippen LogP) is 0.668. The smallest absolute Gasteiger partial charge is 0.173 e. The van der Waals surface area contributed by atoms with Crippen molar-refractivity contribution in [3.05, 3.63) is 0 Å². The van der Waals surface area contributed by atoms with E-state index in [2.05, 4.69) is 0 Å². The van der Waals surface area contributed by atoms with E-state index in [9.17, 15) is 13.1 Å². The minimum Gasteiger partial charge on any atom is -0.305 e. The minimum absolute atomic E-state index is 0.351. The molecule has 0 bridgehead atoms. The number of halogens is 2. The second-order valence-electron chi connectivity index (χ2n) is 1.39. The summed E-state index contributed by atoms with van der Waals surface area (Å²) in [5, 5.41) is -1.65. The zero-order chi connectivity index (χ0) is 7.44. The molecule has 0 spiro atoms. The van der Waals surface area contributed by atoms with Gasteiger partial charge >= 0.3 is 0 Å². The standard InChI is InChI=1S/C3H7F2NO2S/c1-3(9(7)8)6(5)2-4/h3H,2H2,1H3,(H,7,8). The minimum atomic E-state index is -2.33. The molecule has 0 aliphatic rings. The number of rotatable bonds is 3. The molecule has 0 aromatic heterocycles. The van der Waals surface area contributed by atoms with Crippen molar-refractivity contribution in [3.63, 3.8) is 0 Å². The average Bonchev–Trinajstić information content (AvgIpc) is 1.84. The molecule has 2 atom stereocenters. The van der Waals surface area contributed by atoms with Crippen LogP contribution in [0.5, 0.6) is 0 Å². The van der Waals surface area contributed by atoms with Gasteiger partial charge in [-0.05, 0) is 6.92 Å². The maximum Gasteiger partial charge on any atom is 0.173 e. The van der Waals surface area contributed by atoms with Crippen LogP contribution in [0, 0.1) is 0 Å². The van der Waals surface area contributed by atoms with Gasteiger partial charge in [0.15, 0.2) is 17.9 Å². The predicted molar refractivity (Wildman–Crippen MR) is 29.2 cm³/mol. The fraction of sp³-hybridized carbons (Fsp3) is 1.00. The maximum atomic E-state index is 11.9. The number of hydrogen-bond donors (Lipinski definition) is 1. The molecule has 6 heteroatoms. The molecule has 0 saturated heterocycles. The third-order valence-corrected chi connectivity index (χ3v) is 1.61. The van der Waals surface area contributed by atoms with Gasteiger partial charge in [0.05, 0.1) is 0 Å². The van der Waals surface area contributed by atoms with Gasteiger partial charge in [-0.2, -0.15) is 0 Å². The van der Waals surface area contributed by atoms with E-state index in [1.165, 1.54) is 0 Å². The van der Waals surface area contributed by atoms with Crippen molar-refractivity contribution in [1.82, 2.24) is 5.12 Å². The summed E-state index contributed by atoms with van der Waals surface area (Å²) in [6.07, 6.45) is 0. The van der Waals surface area contributed by atoms with Crippen molar-refractivity contribution in [2.45, 2.75) is 12.3 Å². The Kier molecular flexibility index (Phi) is 3.83. The summed E-state index contributed by atoms with van der Waals surface area (Å²) in [6.45, 7) is -0.261. The Labute approximate surface area is 53.9 Å². The average molecular weight is 159 g/mol. The van der Waals surface area contributed by atoms with E-state index in [4.69, 9.17) is 4.55 Å². The second kappa shape index (κ2) is 3.86. The van der Waals surface area contributed by atoms with Gasteiger partial charge in [0.25, 0.3) is 0 Å². The van der Waals surface area contributed by atoms with Crippen molar-refractivity contribution >= 4 is 11.1 Å². The molecule has 0 aliphatic heterocycles. The van der Waals surface area contributed by atoms with Gasteiger partial charge in [-0.3, -0.25) is 0 Å². The van der Waals surface area contributed by atoms with Crippen LogP contribution >= 0.6 is 0 Å². The van der Waals surface area contributed by atoms with Gasteiger partial charge in [0.2, 0.25) is 0 Å². The van der Waals surface area contributed by atoms with Crippen molar-refractivity contribution in [2.75, 3.05) is 6.80 Å². The number of alkyl halides is 1. The van der Waals surface area contributed by atoms with E-state index in [0.29, 0.717) is 0 Å². The summed E-state index contributed by atoms with van der Waals surface area (Å²) in [4.78, 5) is 0. The first-order valence-electron chi connectivity index (χ1n) is 2.17. The van der Waals surface area contributed by atoms with Crippen molar-refractivity contribution in [1.29, 1.82) is 0 Å². The molecule has 3 nitrogen and oxygen atoms in total. The molecule has 0 amide bonds. The molecule has 1 N–H and O–H groups in total. The zero-order valence-electron chi connectivity index (χ0n) is 4.75. The van der Waals surface area contributed by atoms with E-state index in [1.807, 2.05) is 0 Å². The molecular weight excluding hydrogens is 152 g/mol. The molecule has 0 aromatic rings. The quantitative estimate of drug-likeness (QED) is 0.373. The fourth-order valence-corrected chi connectivity index (χ4v) is 0.447. The molecular formula is C3H7F2NO2S. The summed E-state index contributed by atoms with van der Waals surface area (Å²) in [5.41, 5.74) is 0. The van der Waals surface area contributed by atoms with Crippen molar-refractivity contribution < 1.29 is 17.6 Å². The molecule has 0 aromatic carbocycles. The topological polar surface area (TPSA) is 40.5 Å². The van der Waals surface area contributed by atoms with Crippen LogP contribution in [0.2, 0.25) is 0 Å². The highest BCUT2D eigenvalue weighted by Crippen LogP contribution is 2.01. The lowest BCUT2D eigenvalue weighted by molar-refractivity contribution is -0.0260. The van der Waals surface area contributed by atoms with Crippen LogP contribution in [-0.2, 0) is 11.1 Å². The lowest BCUT2D eigenvalue weighted by Crippen LogP contribution is -2.28. The highest BCUT2D eigenvalue weighted by Gasteiger charge is 2.17. The third kappa shape index (κ3) is 2.83. The van der Waals surface area contributed by atoms with E-state index < -0.39 is 23.3 Å². The van der Waals surface area contributed by atoms with Gasteiger partial charge in [-0.1, -0.05) is 5.12 Å². The monoisotopic (exact) mass is 159 g/mol. The number of nitrogens with zero attached hydrogens (tertiary/aromatic N) is 1. The lowest BCUT2D eigenvalue weighted by atomic mass is 10.7. The Hall–Kier alpha value is -0.0700. The fourth-order valence-electron chi connectivity index (χ4n) is 0.195. The normalized spacial score (nSPS) is 17.9. The van der Waals surface area contributed by atoms with Crippen LogP contribution in [0.3, 0.4) is 0 Å². The van der Waals surface area contributed by atoms with Crippen molar-refractivity contribution in [2.24, 2.45) is 0 Å². The largest absolute Gasteiger partial charge is 0.305 e. The second-order valence-corrected chi connectivity index (χ2v) is 2.63. The van der Waals surface area contributed by atoms with Crippen LogP contribution < -0.4 is 0 Å². The Morgan fingerprint density at radius 3 is 2.44 bits per heavy atom. The Morgan fingerprint density at radius 2 is 2.33 bits per heavy atom. The van der Waals surface area contributed by atoms with E-state index in [1.54, 1.807) is 0 Å². The number of hydrogen-bond acceptors (Lipinski definition) is 2. The summed E-state index contributed by atoms with van der Waals surface area (Å²) in [6, 6.07) is 0. The molecule has 0 heterocycles. The molecule has 0 aliphatic carbocycles. The van der Waals surface area contributed by atoms with Gasteiger partial charge in [-0.25, -0.2) is 8.60 Å². The highest BCUT2D eigenvalue weighted by molar-refractivity contribution is 7.79. The SMILES string of the molecule is CC(N(F)CF)S(=O)O. The molecule has 0 saturated carbocycles. The molecule has 0 radical (unpaired) electrons. The van der Waals surface area contributed by atoms with Gasteiger partial charge in [0.1, 0.15) is 5.37 Å². The molecule has 0 fully saturated rings. The first kappa shape index (κ1) is 8.93. The van der Waals surface area contributed by atoms with Crippen LogP contribution in [-0.4, -0.2) is 26.1 Å². The Bertz CT molecular complexity index is 112. The Balaban J connectivity index is 3.72. The van der Waals surface area contributed by atoms with Gasteiger partial charge in [-0.15, -0.1) is 4.48 Å². The zero-order valence-corrected chi connectivity index (χ0v) is 5.57. The summed E-state index contributed by atoms with van der Waals surface area (Å²) in [5.74, 6) is 0. The summed E-state index contributed by atoms with van der Waals surface area (Å²) < 4.78 is 41.3. The first-order valence-corrected chi connectivity index (χ1v) is 3.34. The highest BCUT2D eigenvalue weighted by atomic mass is 32.2. The molecule has 2 unspecified atom stereocenters. The molecule has 9 heavy (non-hydrogen) atoms. The van der Waals surface area contributed by atoms with E-state index in [-0.39, 0.29) is 5.12 Å².